The number of benzene rings is 3. The van der Waals surface area contributed by atoms with Crippen LogP contribution < -0.4 is 10.1 Å². The Kier molecular flexibility index (Phi) is 5.84. The number of nitro groups is 1. The zero-order chi connectivity index (χ0) is 21.1. The lowest BCUT2D eigenvalue weighted by Crippen LogP contribution is -2.12. The van der Waals surface area contributed by atoms with Crippen LogP contribution in [0, 0.1) is 24.0 Å². The summed E-state index contributed by atoms with van der Waals surface area (Å²) in [6.45, 7) is 3.86. The number of non-ortho nitro benzene ring substituents is 1. The van der Waals surface area contributed by atoms with Crippen LogP contribution in [0.1, 0.15) is 21.5 Å². The van der Waals surface area contributed by atoms with Crippen LogP contribution in [0.15, 0.2) is 59.1 Å². The first-order chi connectivity index (χ1) is 13.7. The van der Waals surface area contributed by atoms with Gasteiger partial charge < -0.3 is 15.2 Å². The zero-order valence-corrected chi connectivity index (χ0v) is 17.2. The Morgan fingerprint density at radius 3 is 2.28 bits per heavy atom. The van der Waals surface area contributed by atoms with Gasteiger partial charge in [-0.2, -0.15) is 0 Å². The predicted octanol–water partition coefficient (Wildman–Crippen LogP) is 5.72. The molecule has 7 nitrogen and oxygen atoms in total. The number of ether oxygens (including phenoxy) is 1. The number of nitro benzene ring substituents is 1. The van der Waals surface area contributed by atoms with Gasteiger partial charge in [-0.1, -0.05) is 6.07 Å². The molecule has 0 aliphatic rings. The fraction of sp³-hybridized carbons (Fsp3) is 0.0952. The fourth-order valence-corrected chi connectivity index (χ4v) is 3.24. The number of halogens is 1. The molecule has 29 heavy (non-hydrogen) atoms. The molecule has 2 N–H and O–H groups in total. The van der Waals surface area contributed by atoms with Crippen molar-refractivity contribution in [3.05, 3.63) is 85.9 Å². The van der Waals surface area contributed by atoms with Crippen LogP contribution in [0.3, 0.4) is 0 Å². The van der Waals surface area contributed by atoms with Crippen LogP contribution in [0.4, 0.5) is 11.4 Å². The smallest absolute Gasteiger partial charge is 0.269 e. The highest BCUT2D eigenvalue weighted by atomic mass is 79.9. The molecule has 3 aromatic carbocycles. The van der Waals surface area contributed by atoms with E-state index in [0.29, 0.717) is 11.4 Å². The molecule has 0 unspecified atom stereocenters. The highest BCUT2D eigenvalue weighted by Crippen LogP contribution is 2.39. The molecule has 3 aromatic rings. The molecule has 0 bridgehead atoms. The van der Waals surface area contributed by atoms with Crippen LogP contribution in [0.2, 0.25) is 0 Å². The largest absolute Gasteiger partial charge is 0.506 e. The van der Waals surface area contributed by atoms with Gasteiger partial charge in [0.15, 0.2) is 0 Å². The summed E-state index contributed by atoms with van der Waals surface area (Å²) in [6.07, 6.45) is 0. The molecular weight excluding hydrogens is 440 g/mol. The van der Waals surface area contributed by atoms with Crippen molar-refractivity contribution in [2.45, 2.75) is 13.8 Å². The first kappa shape index (κ1) is 20.3. The number of carbonyl (C=O) groups excluding carboxylic acids is 1. The maximum Gasteiger partial charge on any atom is 0.269 e. The highest BCUT2D eigenvalue weighted by Gasteiger charge is 2.18. The van der Waals surface area contributed by atoms with Gasteiger partial charge in [-0.15, -0.1) is 0 Å². The summed E-state index contributed by atoms with van der Waals surface area (Å²) < 4.78 is 5.85. The average molecular weight is 457 g/mol. The van der Waals surface area contributed by atoms with Gasteiger partial charge in [0.1, 0.15) is 21.7 Å². The van der Waals surface area contributed by atoms with Crippen molar-refractivity contribution in [3.8, 4) is 17.2 Å². The van der Waals surface area contributed by atoms with E-state index in [1.807, 2.05) is 32.0 Å². The quantitative estimate of drug-likeness (QED) is 0.377. The molecule has 0 aliphatic heterocycles. The lowest BCUT2D eigenvalue weighted by atomic mass is 10.1. The monoisotopic (exact) mass is 456 g/mol. The van der Waals surface area contributed by atoms with Gasteiger partial charge in [0.2, 0.25) is 0 Å². The van der Waals surface area contributed by atoms with Crippen molar-refractivity contribution in [3.63, 3.8) is 0 Å². The Morgan fingerprint density at radius 1 is 1.07 bits per heavy atom. The molecule has 0 atom stereocenters. The number of amides is 1. The fourth-order valence-electron chi connectivity index (χ4n) is 2.82. The summed E-state index contributed by atoms with van der Waals surface area (Å²) in [4.78, 5) is 22.8. The van der Waals surface area contributed by atoms with Crippen molar-refractivity contribution in [2.24, 2.45) is 0 Å². The van der Waals surface area contributed by atoms with E-state index in [0.717, 1.165) is 11.1 Å². The molecule has 0 aromatic heterocycles. The van der Waals surface area contributed by atoms with E-state index in [2.05, 4.69) is 21.2 Å². The van der Waals surface area contributed by atoms with Gasteiger partial charge in [0.25, 0.3) is 11.6 Å². The number of hydrogen-bond acceptors (Lipinski definition) is 5. The number of nitrogens with one attached hydrogen (secondary N) is 1. The number of rotatable bonds is 5. The number of phenolic OH excluding ortho intramolecular Hbond substituents is 1. The number of aromatic hydroxyl groups is 1. The Morgan fingerprint density at radius 2 is 1.69 bits per heavy atom. The van der Waals surface area contributed by atoms with Gasteiger partial charge in [0, 0.05) is 17.8 Å². The minimum atomic E-state index is -0.505. The molecule has 3 rings (SSSR count). The first-order valence-electron chi connectivity index (χ1n) is 8.58. The summed E-state index contributed by atoms with van der Waals surface area (Å²) in [6, 6.07) is 14.2. The Labute approximate surface area is 175 Å². The lowest BCUT2D eigenvalue weighted by molar-refractivity contribution is -0.384. The van der Waals surface area contributed by atoms with E-state index >= 15 is 0 Å². The number of aryl methyl sites for hydroxylation is 2. The summed E-state index contributed by atoms with van der Waals surface area (Å²) in [7, 11) is 0. The van der Waals surface area contributed by atoms with E-state index < -0.39 is 10.8 Å². The second-order valence-electron chi connectivity index (χ2n) is 6.46. The third-order valence-corrected chi connectivity index (χ3v) is 4.85. The van der Waals surface area contributed by atoms with Crippen LogP contribution in [-0.2, 0) is 0 Å². The molecule has 0 spiro atoms. The first-order valence-corrected chi connectivity index (χ1v) is 9.37. The number of anilines is 1. The van der Waals surface area contributed by atoms with Crippen molar-refractivity contribution in [2.75, 3.05) is 5.32 Å². The van der Waals surface area contributed by atoms with Crippen molar-refractivity contribution >= 4 is 33.2 Å². The van der Waals surface area contributed by atoms with Crippen LogP contribution in [0.5, 0.6) is 17.2 Å². The van der Waals surface area contributed by atoms with Gasteiger partial charge in [-0.05, 0) is 77.3 Å². The summed E-state index contributed by atoms with van der Waals surface area (Å²) in [5.41, 5.74) is 2.68. The Hall–Kier alpha value is -3.39. The van der Waals surface area contributed by atoms with Crippen molar-refractivity contribution < 1.29 is 19.6 Å². The van der Waals surface area contributed by atoms with E-state index in [4.69, 9.17) is 4.74 Å². The van der Waals surface area contributed by atoms with Crippen LogP contribution in [0.25, 0.3) is 0 Å². The molecule has 0 heterocycles. The standard InChI is InChI=1S/C21H17BrN2O5/c1-12-9-13(2)11-14(10-12)23-21(26)17-7-8-18(19(22)20(17)25)29-16-5-3-15(4-6-16)24(27)28/h3-11,25H,1-2H3,(H,23,26). The maximum absolute atomic E-state index is 12.6. The lowest BCUT2D eigenvalue weighted by Gasteiger charge is -2.13. The molecule has 0 saturated carbocycles. The summed E-state index contributed by atoms with van der Waals surface area (Å²) in [5, 5.41) is 23.9. The van der Waals surface area contributed by atoms with Crippen LogP contribution >= 0.6 is 15.9 Å². The molecule has 1 amide bonds. The number of hydrogen-bond donors (Lipinski definition) is 2. The summed E-state index contributed by atoms with van der Waals surface area (Å²) >= 11 is 3.24. The van der Waals surface area contributed by atoms with E-state index in [-0.39, 0.29) is 27.2 Å². The second kappa shape index (κ2) is 8.32. The molecular formula is C21H17BrN2O5. The molecule has 148 valence electrons. The van der Waals surface area contributed by atoms with Crippen molar-refractivity contribution in [1.29, 1.82) is 0 Å². The Bertz CT molecular complexity index is 1080. The van der Waals surface area contributed by atoms with E-state index in [1.54, 1.807) is 0 Å². The molecule has 0 saturated heterocycles. The second-order valence-corrected chi connectivity index (χ2v) is 7.25. The van der Waals surface area contributed by atoms with Gasteiger partial charge in [-0.3, -0.25) is 14.9 Å². The number of carbonyl (C=O) groups is 1. The SMILES string of the molecule is Cc1cc(C)cc(NC(=O)c2ccc(Oc3ccc([N+](=O)[O-])cc3)c(Br)c2O)c1. The molecule has 0 aliphatic carbocycles. The topological polar surface area (TPSA) is 102 Å². The highest BCUT2D eigenvalue weighted by molar-refractivity contribution is 9.10. The summed E-state index contributed by atoms with van der Waals surface area (Å²) in [5.74, 6) is -0.121. The average Bonchev–Trinajstić information content (AvgIpc) is 2.65. The molecule has 8 heteroatoms. The van der Waals surface area contributed by atoms with Crippen LogP contribution in [-0.4, -0.2) is 15.9 Å². The Balaban J connectivity index is 1.81. The van der Waals surface area contributed by atoms with E-state index in [9.17, 15) is 20.0 Å². The minimum absolute atomic E-state index is 0.0577. The predicted molar refractivity (Wildman–Crippen MR) is 113 cm³/mol. The third-order valence-electron chi connectivity index (χ3n) is 4.08. The van der Waals surface area contributed by atoms with Gasteiger partial charge in [0.05, 0.1) is 10.5 Å². The molecule has 0 fully saturated rings. The van der Waals surface area contributed by atoms with Gasteiger partial charge in [-0.25, -0.2) is 0 Å². The maximum atomic E-state index is 12.6. The zero-order valence-electron chi connectivity index (χ0n) is 15.6. The number of nitrogens with zero attached hydrogens (tertiary/aromatic N) is 1. The van der Waals surface area contributed by atoms with E-state index in [1.165, 1.54) is 36.4 Å². The normalized spacial score (nSPS) is 10.4. The third kappa shape index (κ3) is 4.72. The van der Waals surface area contributed by atoms with Crippen molar-refractivity contribution in [1.82, 2.24) is 0 Å². The minimum Gasteiger partial charge on any atom is -0.506 e. The number of phenols is 1. The van der Waals surface area contributed by atoms with Gasteiger partial charge >= 0.3 is 0 Å². The molecule has 0 radical (unpaired) electrons.